The van der Waals surface area contributed by atoms with Crippen LogP contribution in [0.1, 0.15) is 39.6 Å². The maximum atomic E-state index is 13.1. The molecule has 0 aliphatic rings. The summed E-state index contributed by atoms with van der Waals surface area (Å²) in [6.45, 7) is 1.79. The lowest BCUT2D eigenvalue weighted by Gasteiger charge is -2.16. The Kier molecular flexibility index (Phi) is 8.25. The summed E-state index contributed by atoms with van der Waals surface area (Å²) >= 11 is 1.21. The predicted octanol–water partition coefficient (Wildman–Crippen LogP) is 7.32. The van der Waals surface area contributed by atoms with Gasteiger partial charge in [0, 0.05) is 27.2 Å². The number of hydrogen-bond acceptors (Lipinski definition) is 4. The number of hydrogen-bond donors (Lipinski definition) is 3. The Morgan fingerprint density at radius 3 is 2.10 bits per heavy atom. The van der Waals surface area contributed by atoms with Gasteiger partial charge >= 0.3 is 12.1 Å². The van der Waals surface area contributed by atoms with Crippen LogP contribution in [0, 0.1) is 0 Å². The normalized spacial score (nSPS) is 12.1. The molecular formula is C29H23F3N2O4S. The molecule has 1 atom stereocenters. The molecule has 0 radical (unpaired) electrons. The fourth-order valence-electron chi connectivity index (χ4n) is 4.04. The summed E-state index contributed by atoms with van der Waals surface area (Å²) in [5.41, 5.74) is -0.157. The van der Waals surface area contributed by atoms with Crippen molar-refractivity contribution in [3.05, 3.63) is 102 Å². The third-order valence-corrected chi connectivity index (χ3v) is 7.23. The highest BCUT2D eigenvalue weighted by Crippen LogP contribution is 2.32. The van der Waals surface area contributed by atoms with Crippen LogP contribution in [0.4, 0.5) is 24.5 Å². The van der Waals surface area contributed by atoms with E-state index in [1.54, 1.807) is 61.5 Å². The molecule has 6 nitrogen and oxygen atoms in total. The quantitative estimate of drug-likeness (QED) is 0.199. The molecular weight excluding hydrogens is 529 g/mol. The second-order valence-electron chi connectivity index (χ2n) is 8.58. The van der Waals surface area contributed by atoms with Crippen molar-refractivity contribution in [1.82, 2.24) is 0 Å². The smallest absolute Gasteiger partial charge is 0.416 e. The maximum Gasteiger partial charge on any atom is 0.416 e. The Labute approximate surface area is 226 Å². The first-order valence-corrected chi connectivity index (χ1v) is 12.8. The van der Waals surface area contributed by atoms with Crippen molar-refractivity contribution >= 4 is 51.7 Å². The number of benzene rings is 4. The fourth-order valence-corrected chi connectivity index (χ4v) is 5.05. The minimum atomic E-state index is -4.52. The van der Waals surface area contributed by atoms with Crippen LogP contribution in [0.2, 0.25) is 0 Å². The van der Waals surface area contributed by atoms with Crippen molar-refractivity contribution in [2.45, 2.75) is 29.7 Å². The van der Waals surface area contributed by atoms with Gasteiger partial charge in [-0.15, -0.1) is 11.8 Å². The largest absolute Gasteiger partial charge is 0.478 e. The van der Waals surface area contributed by atoms with Crippen LogP contribution in [-0.2, 0) is 11.0 Å². The van der Waals surface area contributed by atoms with E-state index in [1.807, 2.05) is 0 Å². The molecule has 4 rings (SSSR count). The number of nitrogens with one attached hydrogen (secondary N) is 2. The van der Waals surface area contributed by atoms with Crippen LogP contribution < -0.4 is 10.6 Å². The summed E-state index contributed by atoms with van der Waals surface area (Å²) in [5, 5.41) is 15.3. The van der Waals surface area contributed by atoms with Gasteiger partial charge in [0.05, 0.1) is 16.4 Å². The average Bonchev–Trinajstić information content (AvgIpc) is 2.90. The molecule has 3 N–H and O–H groups in total. The van der Waals surface area contributed by atoms with Crippen LogP contribution in [0.3, 0.4) is 0 Å². The number of alkyl halides is 3. The maximum absolute atomic E-state index is 13.1. The molecule has 200 valence electrons. The minimum absolute atomic E-state index is 0.0140. The van der Waals surface area contributed by atoms with Gasteiger partial charge in [-0.25, -0.2) is 4.79 Å². The Morgan fingerprint density at radius 1 is 0.846 bits per heavy atom. The number of aromatic carboxylic acids is 1. The van der Waals surface area contributed by atoms with Crippen LogP contribution in [0.15, 0.2) is 89.8 Å². The number of anilines is 2. The molecule has 0 spiro atoms. The molecule has 0 fully saturated rings. The highest BCUT2D eigenvalue weighted by molar-refractivity contribution is 8.00. The molecule has 4 aromatic rings. The van der Waals surface area contributed by atoms with Gasteiger partial charge < -0.3 is 15.7 Å². The van der Waals surface area contributed by atoms with Gasteiger partial charge in [-0.1, -0.05) is 43.3 Å². The number of carboxylic acids is 1. The van der Waals surface area contributed by atoms with E-state index < -0.39 is 34.8 Å². The Hall–Kier alpha value is -4.31. The zero-order chi connectivity index (χ0) is 28.2. The van der Waals surface area contributed by atoms with Crippen LogP contribution >= 0.6 is 11.8 Å². The minimum Gasteiger partial charge on any atom is -0.478 e. The van der Waals surface area contributed by atoms with Crippen molar-refractivity contribution in [2.24, 2.45) is 0 Å². The molecule has 1 unspecified atom stereocenters. The summed E-state index contributed by atoms with van der Waals surface area (Å²) in [7, 11) is 0. The van der Waals surface area contributed by atoms with Gasteiger partial charge in [-0.3, -0.25) is 9.59 Å². The van der Waals surface area contributed by atoms with E-state index in [4.69, 9.17) is 0 Å². The third kappa shape index (κ3) is 6.58. The number of carboxylic acid groups (broad SMARTS) is 1. The average molecular weight is 553 g/mol. The standard InChI is InChI=1S/C29H23F3N2O4S/c1-2-24(27(36)34-19-10-5-9-18(15-19)29(30,31)32)39-21-12-6-11-20(16-21)33-26(35)22-13-3-7-17-8-4-14-23(25(17)22)28(37)38/h3-16,24H,2H2,1H3,(H,33,35)(H,34,36)(H,37,38). The lowest BCUT2D eigenvalue weighted by Crippen LogP contribution is -2.24. The fraction of sp³-hybridized carbons (Fsp3) is 0.138. The monoisotopic (exact) mass is 552 g/mol. The molecule has 39 heavy (non-hydrogen) atoms. The summed E-state index contributed by atoms with van der Waals surface area (Å²) in [5.74, 6) is -2.09. The zero-order valence-corrected chi connectivity index (χ0v) is 21.4. The Morgan fingerprint density at radius 2 is 1.46 bits per heavy atom. The molecule has 0 aromatic heterocycles. The van der Waals surface area contributed by atoms with E-state index in [9.17, 15) is 32.7 Å². The lowest BCUT2D eigenvalue weighted by atomic mass is 9.98. The highest BCUT2D eigenvalue weighted by Gasteiger charge is 2.30. The second-order valence-corrected chi connectivity index (χ2v) is 9.86. The van der Waals surface area contributed by atoms with E-state index in [0.29, 0.717) is 27.8 Å². The van der Waals surface area contributed by atoms with Crippen molar-refractivity contribution < 1.29 is 32.7 Å². The summed E-state index contributed by atoms with van der Waals surface area (Å²) in [6, 6.07) is 20.9. The highest BCUT2D eigenvalue weighted by atomic mass is 32.2. The first-order valence-electron chi connectivity index (χ1n) is 11.9. The first-order chi connectivity index (χ1) is 18.6. The van der Waals surface area contributed by atoms with Gasteiger partial charge in [-0.05, 0) is 60.3 Å². The van der Waals surface area contributed by atoms with Crippen LogP contribution in [0.5, 0.6) is 0 Å². The van der Waals surface area contributed by atoms with Crippen molar-refractivity contribution in [2.75, 3.05) is 10.6 Å². The van der Waals surface area contributed by atoms with Crippen molar-refractivity contribution in [1.29, 1.82) is 0 Å². The van der Waals surface area contributed by atoms with Gasteiger partial charge in [0.25, 0.3) is 5.91 Å². The molecule has 0 saturated carbocycles. The van der Waals surface area contributed by atoms with E-state index in [0.717, 1.165) is 12.1 Å². The SMILES string of the molecule is CCC(Sc1cccc(NC(=O)c2cccc3cccc(C(=O)O)c23)c1)C(=O)Nc1cccc(C(F)(F)F)c1. The molecule has 10 heteroatoms. The third-order valence-electron chi connectivity index (χ3n) is 5.87. The van der Waals surface area contributed by atoms with Gasteiger partial charge in [0.1, 0.15) is 0 Å². The Bertz CT molecular complexity index is 1550. The second kappa shape index (κ2) is 11.6. The van der Waals surface area contributed by atoms with E-state index >= 15 is 0 Å². The zero-order valence-electron chi connectivity index (χ0n) is 20.6. The molecule has 0 aliphatic carbocycles. The number of rotatable bonds is 8. The van der Waals surface area contributed by atoms with E-state index in [-0.39, 0.29) is 16.8 Å². The van der Waals surface area contributed by atoms with Gasteiger partial charge in [-0.2, -0.15) is 13.2 Å². The molecule has 0 bridgehead atoms. The molecule has 4 aromatic carbocycles. The summed E-state index contributed by atoms with van der Waals surface area (Å²) in [4.78, 5) is 38.4. The van der Waals surface area contributed by atoms with Crippen LogP contribution in [-0.4, -0.2) is 28.1 Å². The number of amides is 2. The molecule has 2 amide bonds. The summed E-state index contributed by atoms with van der Waals surface area (Å²) < 4.78 is 39.0. The van der Waals surface area contributed by atoms with E-state index in [2.05, 4.69) is 10.6 Å². The van der Waals surface area contributed by atoms with Gasteiger partial charge in [0.15, 0.2) is 0 Å². The van der Waals surface area contributed by atoms with E-state index in [1.165, 1.54) is 30.0 Å². The van der Waals surface area contributed by atoms with Crippen molar-refractivity contribution in [3.8, 4) is 0 Å². The molecule has 0 heterocycles. The molecule has 0 aliphatic heterocycles. The topological polar surface area (TPSA) is 95.5 Å². The predicted molar refractivity (Wildman–Crippen MR) is 145 cm³/mol. The number of halogens is 3. The van der Waals surface area contributed by atoms with Crippen LogP contribution in [0.25, 0.3) is 10.8 Å². The first kappa shape index (κ1) is 27.7. The van der Waals surface area contributed by atoms with Gasteiger partial charge in [0.2, 0.25) is 5.91 Å². The number of fused-ring (bicyclic) bond motifs is 1. The number of carbonyl (C=O) groups is 3. The Balaban J connectivity index is 1.50. The summed E-state index contributed by atoms with van der Waals surface area (Å²) in [6.07, 6.45) is -4.12. The number of carbonyl (C=O) groups excluding carboxylic acids is 2. The van der Waals surface area contributed by atoms with Crippen molar-refractivity contribution in [3.63, 3.8) is 0 Å². The molecule has 0 saturated heterocycles. The lowest BCUT2D eigenvalue weighted by molar-refractivity contribution is -0.137. The number of thioether (sulfide) groups is 1.